The lowest BCUT2D eigenvalue weighted by molar-refractivity contribution is 0.189. The maximum Gasteiger partial charge on any atom is 0.124 e. The Kier molecular flexibility index (Phi) is 3.28. The Labute approximate surface area is 97.8 Å². The van der Waals surface area contributed by atoms with Crippen LogP contribution in [0.2, 0.25) is 0 Å². The van der Waals surface area contributed by atoms with Crippen LogP contribution in [0.3, 0.4) is 0 Å². The van der Waals surface area contributed by atoms with Crippen molar-refractivity contribution >= 4 is 11.3 Å². The SMILES string of the molecule is Cc1nc(-c2ccncc2)sc1C(O)CN. The van der Waals surface area contributed by atoms with Crippen LogP contribution in [0.4, 0.5) is 0 Å². The van der Waals surface area contributed by atoms with Crippen molar-refractivity contribution in [2.45, 2.75) is 13.0 Å². The first kappa shape index (κ1) is 11.2. The highest BCUT2D eigenvalue weighted by atomic mass is 32.1. The fourth-order valence-electron chi connectivity index (χ4n) is 1.44. The van der Waals surface area contributed by atoms with Crippen LogP contribution in [0.1, 0.15) is 16.7 Å². The summed E-state index contributed by atoms with van der Waals surface area (Å²) < 4.78 is 0. The van der Waals surface area contributed by atoms with E-state index >= 15 is 0 Å². The van der Waals surface area contributed by atoms with E-state index in [1.54, 1.807) is 12.4 Å². The first-order chi connectivity index (χ1) is 7.72. The summed E-state index contributed by atoms with van der Waals surface area (Å²) in [5.41, 5.74) is 7.29. The fraction of sp³-hybridized carbons (Fsp3) is 0.273. The minimum Gasteiger partial charge on any atom is -0.386 e. The average molecular weight is 235 g/mol. The molecule has 1 unspecified atom stereocenters. The molecule has 2 rings (SSSR count). The van der Waals surface area contributed by atoms with Crippen molar-refractivity contribution in [3.63, 3.8) is 0 Å². The van der Waals surface area contributed by atoms with Crippen LogP contribution in [0.5, 0.6) is 0 Å². The third-order valence-corrected chi connectivity index (χ3v) is 3.59. The van der Waals surface area contributed by atoms with Gasteiger partial charge in [-0.25, -0.2) is 4.98 Å². The molecular weight excluding hydrogens is 222 g/mol. The monoisotopic (exact) mass is 235 g/mol. The van der Waals surface area contributed by atoms with Crippen LogP contribution in [-0.2, 0) is 0 Å². The standard InChI is InChI=1S/C11H13N3OS/c1-7-10(9(15)6-12)16-11(14-7)8-2-4-13-5-3-8/h2-5,9,15H,6,12H2,1H3. The van der Waals surface area contributed by atoms with Gasteiger partial charge in [0.1, 0.15) is 11.1 Å². The zero-order chi connectivity index (χ0) is 11.5. The number of hydrogen-bond donors (Lipinski definition) is 2. The fourth-order valence-corrected chi connectivity index (χ4v) is 2.51. The number of nitrogens with zero attached hydrogens (tertiary/aromatic N) is 2. The maximum absolute atomic E-state index is 9.70. The highest BCUT2D eigenvalue weighted by Crippen LogP contribution is 2.30. The van der Waals surface area contributed by atoms with Crippen molar-refractivity contribution < 1.29 is 5.11 Å². The number of thiazole rings is 1. The van der Waals surface area contributed by atoms with Crippen molar-refractivity contribution in [1.29, 1.82) is 0 Å². The van der Waals surface area contributed by atoms with Crippen LogP contribution >= 0.6 is 11.3 Å². The van der Waals surface area contributed by atoms with Crippen LogP contribution in [0.25, 0.3) is 10.6 Å². The van der Waals surface area contributed by atoms with Gasteiger partial charge in [0.2, 0.25) is 0 Å². The Morgan fingerprint density at radius 3 is 2.75 bits per heavy atom. The topological polar surface area (TPSA) is 72.0 Å². The predicted octanol–water partition coefficient (Wildman–Crippen LogP) is 1.51. The van der Waals surface area contributed by atoms with E-state index in [1.165, 1.54) is 11.3 Å². The maximum atomic E-state index is 9.70. The van der Waals surface area contributed by atoms with Gasteiger partial charge in [-0.1, -0.05) is 0 Å². The van der Waals surface area contributed by atoms with Gasteiger partial charge < -0.3 is 10.8 Å². The molecule has 84 valence electrons. The summed E-state index contributed by atoms with van der Waals surface area (Å²) in [6.07, 6.45) is 2.84. The molecule has 0 radical (unpaired) electrons. The minimum absolute atomic E-state index is 0.221. The van der Waals surface area contributed by atoms with E-state index in [-0.39, 0.29) is 6.54 Å². The highest BCUT2D eigenvalue weighted by Gasteiger charge is 2.15. The summed E-state index contributed by atoms with van der Waals surface area (Å²) in [6, 6.07) is 3.80. The molecule has 0 aliphatic heterocycles. The molecular formula is C11H13N3OS. The molecule has 16 heavy (non-hydrogen) atoms. The molecule has 0 aromatic carbocycles. The Hall–Kier alpha value is -1.30. The molecule has 0 spiro atoms. The first-order valence-electron chi connectivity index (χ1n) is 4.98. The van der Waals surface area contributed by atoms with Gasteiger partial charge in [0.15, 0.2) is 0 Å². The summed E-state index contributed by atoms with van der Waals surface area (Å²) in [5, 5.41) is 10.6. The van der Waals surface area contributed by atoms with Crippen LogP contribution < -0.4 is 5.73 Å². The van der Waals surface area contributed by atoms with Gasteiger partial charge in [0, 0.05) is 24.5 Å². The van der Waals surface area contributed by atoms with Gasteiger partial charge >= 0.3 is 0 Å². The number of aliphatic hydroxyl groups is 1. The Morgan fingerprint density at radius 1 is 1.44 bits per heavy atom. The van der Waals surface area contributed by atoms with E-state index in [2.05, 4.69) is 9.97 Å². The average Bonchev–Trinajstić information content (AvgIpc) is 2.71. The number of rotatable bonds is 3. The van der Waals surface area contributed by atoms with Crippen molar-refractivity contribution in [2.75, 3.05) is 6.54 Å². The van der Waals surface area contributed by atoms with Gasteiger partial charge in [-0.2, -0.15) is 0 Å². The largest absolute Gasteiger partial charge is 0.386 e. The number of aliphatic hydroxyl groups excluding tert-OH is 1. The number of pyridine rings is 1. The van der Waals surface area contributed by atoms with Gasteiger partial charge in [-0.15, -0.1) is 11.3 Å². The molecule has 0 fully saturated rings. The number of aryl methyl sites for hydroxylation is 1. The third kappa shape index (κ3) is 2.11. The number of hydrogen-bond acceptors (Lipinski definition) is 5. The van der Waals surface area contributed by atoms with E-state index < -0.39 is 6.10 Å². The van der Waals surface area contributed by atoms with Crippen molar-refractivity contribution in [3.8, 4) is 10.6 Å². The Bertz CT molecular complexity index is 469. The molecule has 2 heterocycles. The number of nitrogens with two attached hydrogens (primary N) is 1. The van der Waals surface area contributed by atoms with E-state index in [0.29, 0.717) is 0 Å². The summed E-state index contributed by atoms with van der Waals surface area (Å²) in [6.45, 7) is 2.11. The van der Waals surface area contributed by atoms with E-state index in [9.17, 15) is 5.11 Å². The van der Waals surface area contributed by atoms with E-state index in [4.69, 9.17) is 5.73 Å². The zero-order valence-electron chi connectivity index (χ0n) is 8.92. The van der Waals surface area contributed by atoms with Gasteiger partial charge in [0.05, 0.1) is 10.6 Å². The summed E-state index contributed by atoms with van der Waals surface area (Å²) >= 11 is 1.48. The first-order valence-corrected chi connectivity index (χ1v) is 5.80. The van der Waals surface area contributed by atoms with Crippen LogP contribution in [-0.4, -0.2) is 21.6 Å². The van der Waals surface area contributed by atoms with Crippen LogP contribution in [0, 0.1) is 6.92 Å². The lowest BCUT2D eigenvalue weighted by atomic mass is 10.2. The molecule has 0 bridgehead atoms. The molecule has 2 aromatic rings. The van der Waals surface area contributed by atoms with Crippen molar-refractivity contribution in [3.05, 3.63) is 35.1 Å². The summed E-state index contributed by atoms with van der Waals surface area (Å²) in [5.74, 6) is 0. The number of aromatic nitrogens is 2. The molecule has 3 N–H and O–H groups in total. The third-order valence-electron chi connectivity index (χ3n) is 2.29. The lowest BCUT2D eigenvalue weighted by Gasteiger charge is -2.03. The van der Waals surface area contributed by atoms with Crippen molar-refractivity contribution in [2.24, 2.45) is 5.73 Å². The molecule has 4 nitrogen and oxygen atoms in total. The molecule has 0 saturated heterocycles. The van der Waals surface area contributed by atoms with E-state index in [1.807, 2.05) is 19.1 Å². The second-order valence-electron chi connectivity index (χ2n) is 3.46. The molecule has 0 amide bonds. The molecule has 5 heteroatoms. The highest BCUT2D eigenvalue weighted by molar-refractivity contribution is 7.15. The Morgan fingerprint density at radius 2 is 2.12 bits per heavy atom. The van der Waals surface area contributed by atoms with Crippen molar-refractivity contribution in [1.82, 2.24) is 9.97 Å². The van der Waals surface area contributed by atoms with E-state index in [0.717, 1.165) is 21.1 Å². The van der Waals surface area contributed by atoms with Gasteiger partial charge in [-0.3, -0.25) is 4.98 Å². The normalized spacial score (nSPS) is 12.7. The van der Waals surface area contributed by atoms with Crippen LogP contribution in [0.15, 0.2) is 24.5 Å². The zero-order valence-corrected chi connectivity index (χ0v) is 9.74. The second kappa shape index (κ2) is 4.69. The van der Waals surface area contributed by atoms with Gasteiger partial charge in [-0.05, 0) is 19.1 Å². The second-order valence-corrected chi connectivity index (χ2v) is 4.49. The minimum atomic E-state index is -0.618. The molecule has 1 atom stereocenters. The molecule has 0 saturated carbocycles. The molecule has 2 aromatic heterocycles. The lowest BCUT2D eigenvalue weighted by Crippen LogP contribution is -2.10. The molecule has 0 aliphatic carbocycles. The summed E-state index contributed by atoms with van der Waals surface area (Å²) in [7, 11) is 0. The molecule has 0 aliphatic rings. The Balaban J connectivity index is 2.38. The predicted molar refractivity (Wildman–Crippen MR) is 64.1 cm³/mol. The van der Waals surface area contributed by atoms with Gasteiger partial charge in [0.25, 0.3) is 0 Å². The summed E-state index contributed by atoms with van der Waals surface area (Å²) in [4.78, 5) is 9.23. The quantitative estimate of drug-likeness (QED) is 0.845. The smallest absolute Gasteiger partial charge is 0.124 e.